The van der Waals surface area contributed by atoms with Gasteiger partial charge in [0.15, 0.2) is 0 Å². The number of unbranched alkanes of at least 4 members (excludes halogenated alkanes) is 2. The van der Waals surface area contributed by atoms with Crippen LogP contribution in [0.25, 0.3) is 0 Å². The molecule has 0 radical (unpaired) electrons. The number of hydrogen-bond donors (Lipinski definition) is 1. The van der Waals surface area contributed by atoms with Gasteiger partial charge in [0.2, 0.25) is 0 Å². The van der Waals surface area contributed by atoms with Gasteiger partial charge in [-0.2, -0.15) is 0 Å². The van der Waals surface area contributed by atoms with E-state index in [1.165, 1.54) is 32.1 Å². The molecule has 0 spiro atoms. The van der Waals surface area contributed by atoms with Crippen molar-refractivity contribution in [2.75, 3.05) is 13.7 Å². The van der Waals surface area contributed by atoms with Gasteiger partial charge >= 0.3 is 11.9 Å². The van der Waals surface area contributed by atoms with Crippen LogP contribution < -0.4 is 0 Å². The highest BCUT2D eigenvalue weighted by Gasteiger charge is 2.33. The lowest BCUT2D eigenvalue weighted by molar-refractivity contribution is -0.148. The maximum absolute atomic E-state index is 11.5. The number of esters is 1. The van der Waals surface area contributed by atoms with Crippen LogP contribution in [0.3, 0.4) is 0 Å². The molecule has 2 bridgehead atoms. The Morgan fingerprint density at radius 2 is 1.75 bits per heavy atom. The average molecular weight is 390 g/mol. The van der Waals surface area contributed by atoms with Crippen molar-refractivity contribution < 1.29 is 19.4 Å². The maximum atomic E-state index is 11.5. The maximum Gasteiger partial charge on any atom is 0.314 e. The van der Waals surface area contributed by atoms with Crippen LogP contribution >= 0.6 is 0 Å². The van der Waals surface area contributed by atoms with Crippen molar-refractivity contribution in [3.63, 3.8) is 0 Å². The Hall–Kier alpha value is -1.88. The second-order valence-corrected chi connectivity index (χ2v) is 7.92. The molecule has 2 heterocycles. The lowest BCUT2D eigenvalue weighted by Gasteiger charge is -2.30. The van der Waals surface area contributed by atoms with Crippen molar-refractivity contribution in [1.82, 2.24) is 4.90 Å². The summed E-state index contributed by atoms with van der Waals surface area (Å²) in [7, 11) is 2.29. The number of carboxylic acids is 1. The third-order valence-corrected chi connectivity index (χ3v) is 5.96. The minimum absolute atomic E-state index is 0.107. The van der Waals surface area contributed by atoms with Gasteiger partial charge in [0.05, 0.1) is 0 Å². The number of carbonyl (C=O) groups is 2. The highest BCUT2D eigenvalue weighted by molar-refractivity contribution is 5.77. The van der Waals surface area contributed by atoms with E-state index in [4.69, 9.17) is 9.84 Å². The molecular formula is C23H35NO4. The van der Waals surface area contributed by atoms with E-state index in [1.807, 2.05) is 6.07 Å². The normalized spacial score (nSPS) is 22.1. The van der Waals surface area contributed by atoms with E-state index in [9.17, 15) is 9.59 Å². The van der Waals surface area contributed by atoms with Gasteiger partial charge in [-0.1, -0.05) is 56.5 Å². The number of fused-ring (bicyclic) bond motifs is 2. The molecular weight excluding hydrogens is 354 g/mol. The predicted molar refractivity (Wildman–Crippen MR) is 110 cm³/mol. The molecule has 0 aliphatic carbocycles. The van der Waals surface area contributed by atoms with Gasteiger partial charge in [-0.05, 0) is 44.7 Å². The van der Waals surface area contributed by atoms with Gasteiger partial charge in [0.25, 0.3) is 0 Å². The molecule has 3 rings (SSSR count). The molecule has 28 heavy (non-hydrogen) atoms. The first-order valence-corrected chi connectivity index (χ1v) is 10.7. The number of nitrogens with zero attached hydrogens (tertiary/aromatic N) is 1. The molecule has 3 atom stereocenters. The van der Waals surface area contributed by atoms with Crippen molar-refractivity contribution in [2.24, 2.45) is 0 Å². The number of carboxylic acid groups (broad SMARTS) is 1. The Balaban J connectivity index is 0.000000255. The van der Waals surface area contributed by atoms with Gasteiger partial charge in [0.1, 0.15) is 12.5 Å². The molecule has 2 aliphatic heterocycles. The topological polar surface area (TPSA) is 66.8 Å². The summed E-state index contributed by atoms with van der Waals surface area (Å²) in [6.45, 7) is 1.95. The van der Waals surface area contributed by atoms with Crippen molar-refractivity contribution in [3.05, 3.63) is 35.9 Å². The zero-order valence-corrected chi connectivity index (χ0v) is 17.3. The van der Waals surface area contributed by atoms with Gasteiger partial charge in [-0.3, -0.25) is 9.59 Å². The molecule has 0 saturated carbocycles. The minimum atomic E-state index is -0.979. The summed E-state index contributed by atoms with van der Waals surface area (Å²) in [6, 6.07) is 10.7. The molecule has 2 fully saturated rings. The van der Waals surface area contributed by atoms with E-state index in [-0.39, 0.29) is 12.6 Å². The van der Waals surface area contributed by atoms with Gasteiger partial charge in [0, 0.05) is 18.5 Å². The Morgan fingerprint density at radius 1 is 1.11 bits per heavy atom. The second kappa shape index (κ2) is 11.8. The van der Waals surface area contributed by atoms with Crippen LogP contribution in [0.2, 0.25) is 0 Å². The quantitative estimate of drug-likeness (QED) is 0.519. The summed E-state index contributed by atoms with van der Waals surface area (Å²) < 4.78 is 5.05. The molecule has 3 unspecified atom stereocenters. The monoisotopic (exact) mass is 389 g/mol. The third-order valence-electron chi connectivity index (χ3n) is 5.96. The number of ether oxygens (including phenoxy) is 1. The molecule has 156 valence electrons. The smallest absolute Gasteiger partial charge is 0.314 e. The first kappa shape index (κ1) is 22.4. The number of benzene rings is 1. The summed E-state index contributed by atoms with van der Waals surface area (Å²) in [5.41, 5.74) is 0.649. The molecule has 5 nitrogen and oxygen atoms in total. The van der Waals surface area contributed by atoms with Crippen molar-refractivity contribution in [3.8, 4) is 0 Å². The average Bonchev–Trinajstić information content (AvgIpc) is 2.89. The van der Waals surface area contributed by atoms with E-state index in [0.717, 1.165) is 31.3 Å². The van der Waals surface area contributed by atoms with E-state index in [0.29, 0.717) is 12.0 Å². The van der Waals surface area contributed by atoms with Crippen LogP contribution in [0.15, 0.2) is 30.3 Å². The number of rotatable bonds is 8. The van der Waals surface area contributed by atoms with Gasteiger partial charge in [-0.15, -0.1) is 0 Å². The van der Waals surface area contributed by atoms with Crippen LogP contribution in [0, 0.1) is 0 Å². The largest absolute Gasteiger partial charge is 0.481 e. The highest BCUT2D eigenvalue weighted by Crippen LogP contribution is 2.33. The fourth-order valence-electron chi connectivity index (χ4n) is 4.14. The van der Waals surface area contributed by atoms with Crippen molar-refractivity contribution in [1.29, 1.82) is 0 Å². The second-order valence-electron chi connectivity index (χ2n) is 7.92. The Morgan fingerprint density at radius 3 is 2.29 bits per heavy atom. The van der Waals surface area contributed by atoms with Crippen molar-refractivity contribution >= 4 is 11.9 Å². The number of carbonyl (C=O) groups excluding carboxylic acids is 1. The summed E-state index contributed by atoms with van der Waals surface area (Å²) in [5.74, 6) is -2.10. The predicted octanol–water partition coefficient (Wildman–Crippen LogP) is 4.61. The van der Waals surface area contributed by atoms with Gasteiger partial charge < -0.3 is 14.7 Å². The van der Waals surface area contributed by atoms with E-state index >= 15 is 0 Å². The summed E-state index contributed by atoms with van der Waals surface area (Å²) >= 11 is 0. The number of piperidine rings is 1. The fraction of sp³-hybridized carbons (Fsp3) is 0.652. The van der Waals surface area contributed by atoms with Crippen molar-refractivity contribution in [2.45, 2.75) is 82.7 Å². The number of hydrogen-bond acceptors (Lipinski definition) is 4. The Labute approximate surface area is 169 Å². The van der Waals surface area contributed by atoms with Crippen LogP contribution in [0.4, 0.5) is 0 Å². The lowest BCUT2D eigenvalue weighted by Crippen LogP contribution is -2.35. The Kier molecular flexibility index (Phi) is 9.48. The molecule has 0 amide bonds. The summed E-state index contributed by atoms with van der Waals surface area (Å²) in [6.07, 6.45) is 10.5. The molecule has 2 aliphatic rings. The molecule has 0 aromatic heterocycles. The van der Waals surface area contributed by atoms with Gasteiger partial charge in [-0.25, -0.2) is 0 Å². The first-order chi connectivity index (χ1) is 13.5. The van der Waals surface area contributed by atoms with E-state index in [2.05, 4.69) is 18.9 Å². The SMILES string of the molecule is CCCCCC(=O)OCC(C(=O)O)c1ccccc1.CN1C2CCCC1CC2. The van der Waals surface area contributed by atoms with E-state index < -0.39 is 11.9 Å². The van der Waals surface area contributed by atoms with Crippen LogP contribution in [-0.2, 0) is 14.3 Å². The van der Waals surface area contributed by atoms with Crippen LogP contribution in [0.1, 0.15) is 76.2 Å². The Bertz CT molecular complexity index is 588. The van der Waals surface area contributed by atoms with E-state index in [1.54, 1.807) is 24.3 Å². The molecule has 2 saturated heterocycles. The molecule has 1 aromatic rings. The molecule has 1 N–H and O–H groups in total. The molecule has 5 heteroatoms. The zero-order valence-electron chi connectivity index (χ0n) is 17.3. The first-order valence-electron chi connectivity index (χ1n) is 10.7. The zero-order chi connectivity index (χ0) is 20.4. The summed E-state index contributed by atoms with van der Waals surface area (Å²) in [4.78, 5) is 25.2. The van der Waals surface area contributed by atoms with Crippen LogP contribution in [0.5, 0.6) is 0 Å². The third kappa shape index (κ3) is 6.93. The lowest BCUT2D eigenvalue weighted by atomic mass is 10.0. The van der Waals surface area contributed by atoms with Crippen LogP contribution in [-0.4, -0.2) is 47.7 Å². The fourth-order valence-corrected chi connectivity index (χ4v) is 4.14. The standard InChI is InChI=1S/C15H20O4.C8H15N/c1-2-3-5-10-14(16)19-11-13(15(17)18)12-8-6-4-7-9-12;1-9-7-3-2-4-8(9)6-5-7/h4,6-9,13H,2-3,5,10-11H2,1H3,(H,17,18);7-8H,2-6H2,1H3. The minimum Gasteiger partial charge on any atom is -0.481 e. The molecule has 1 aromatic carbocycles. The number of aliphatic carboxylic acids is 1. The highest BCUT2D eigenvalue weighted by atomic mass is 16.5. The summed E-state index contributed by atoms with van der Waals surface area (Å²) in [5, 5.41) is 9.16.